The Morgan fingerprint density at radius 2 is 2.23 bits per heavy atom. The molecule has 2 aromatic rings. The van der Waals surface area contributed by atoms with Gasteiger partial charge in [0.25, 0.3) is 5.91 Å². The first-order chi connectivity index (χ1) is 10.8. The molecule has 0 fully saturated rings. The Bertz CT molecular complexity index is 623. The van der Waals surface area contributed by atoms with Crippen LogP contribution >= 0.6 is 11.3 Å². The monoisotopic (exact) mass is 318 g/mol. The van der Waals surface area contributed by atoms with Gasteiger partial charge in [-0.25, -0.2) is 4.98 Å². The molecule has 0 atom stereocenters. The van der Waals surface area contributed by atoms with Gasteiger partial charge in [0, 0.05) is 23.5 Å². The molecule has 0 saturated heterocycles. The maximum absolute atomic E-state index is 12.0. The van der Waals surface area contributed by atoms with E-state index in [2.05, 4.69) is 22.4 Å². The molecule has 2 aromatic heterocycles. The first kappa shape index (κ1) is 15.2. The maximum Gasteiger partial charge on any atom is 0.271 e. The Morgan fingerprint density at radius 3 is 3.05 bits per heavy atom. The van der Waals surface area contributed by atoms with Crippen LogP contribution in [0, 0.1) is 0 Å². The highest BCUT2D eigenvalue weighted by molar-refractivity contribution is 7.11. The number of nitrogens with zero attached hydrogens (tertiary/aromatic N) is 2. The Labute approximate surface area is 134 Å². The number of amides is 1. The van der Waals surface area contributed by atoms with Crippen LogP contribution in [-0.4, -0.2) is 27.6 Å². The van der Waals surface area contributed by atoms with E-state index in [-0.39, 0.29) is 5.91 Å². The van der Waals surface area contributed by atoms with Crippen molar-refractivity contribution >= 4 is 17.2 Å². The molecule has 2 N–H and O–H groups in total. The topological polar surface area (TPSA) is 70.7 Å². The minimum Gasteiger partial charge on any atom is -0.350 e. The lowest BCUT2D eigenvalue weighted by Crippen LogP contribution is -2.26. The minimum absolute atomic E-state index is 0.111. The molecule has 3 rings (SSSR count). The predicted molar refractivity (Wildman–Crippen MR) is 87.4 cm³/mol. The van der Waals surface area contributed by atoms with Crippen molar-refractivity contribution in [1.29, 1.82) is 0 Å². The van der Waals surface area contributed by atoms with E-state index in [0.29, 0.717) is 12.2 Å². The third-order valence-electron chi connectivity index (χ3n) is 3.90. The van der Waals surface area contributed by atoms with Crippen molar-refractivity contribution in [2.45, 2.75) is 51.9 Å². The van der Waals surface area contributed by atoms with Gasteiger partial charge in [-0.1, -0.05) is 13.3 Å². The number of rotatable bonds is 6. The van der Waals surface area contributed by atoms with Gasteiger partial charge in [-0.05, 0) is 38.2 Å². The summed E-state index contributed by atoms with van der Waals surface area (Å²) in [6.45, 7) is 2.72. The Hall–Kier alpha value is -1.69. The highest BCUT2D eigenvalue weighted by atomic mass is 32.1. The molecule has 1 aliphatic carbocycles. The summed E-state index contributed by atoms with van der Waals surface area (Å²) in [6.07, 6.45) is 7.59. The van der Waals surface area contributed by atoms with Gasteiger partial charge >= 0.3 is 0 Å². The van der Waals surface area contributed by atoms with E-state index in [0.717, 1.165) is 36.4 Å². The number of fused-ring (bicyclic) bond motifs is 1. The van der Waals surface area contributed by atoms with Crippen LogP contribution in [0.5, 0.6) is 0 Å². The summed E-state index contributed by atoms with van der Waals surface area (Å²) in [5, 5.41) is 11.0. The number of carbonyl (C=O) groups excluding carboxylic acids is 1. The Kier molecular flexibility index (Phi) is 4.87. The van der Waals surface area contributed by atoms with Gasteiger partial charge in [-0.3, -0.25) is 9.89 Å². The molecule has 6 heteroatoms. The standard InChI is InChI=1S/C16H22N4OS/c1-2-5-11-10-13(20-19-11)16(21)17-9-8-15-18-12-6-3-4-7-14(12)22-15/h10H,2-9H2,1H3,(H,17,21)(H,19,20). The smallest absolute Gasteiger partial charge is 0.271 e. The summed E-state index contributed by atoms with van der Waals surface area (Å²) >= 11 is 1.81. The molecule has 1 amide bonds. The number of aromatic amines is 1. The molecular weight excluding hydrogens is 296 g/mol. The van der Waals surface area contributed by atoms with Crippen molar-refractivity contribution in [3.63, 3.8) is 0 Å². The van der Waals surface area contributed by atoms with E-state index in [4.69, 9.17) is 4.98 Å². The molecule has 0 saturated carbocycles. The van der Waals surface area contributed by atoms with Gasteiger partial charge in [0.15, 0.2) is 0 Å². The van der Waals surface area contributed by atoms with Crippen LogP contribution in [0.15, 0.2) is 6.07 Å². The number of aromatic nitrogens is 3. The lowest BCUT2D eigenvalue weighted by Gasteiger charge is -2.06. The third kappa shape index (κ3) is 3.55. The van der Waals surface area contributed by atoms with Crippen molar-refractivity contribution < 1.29 is 4.79 Å². The van der Waals surface area contributed by atoms with Gasteiger partial charge in [-0.15, -0.1) is 11.3 Å². The van der Waals surface area contributed by atoms with Crippen LogP contribution in [0.4, 0.5) is 0 Å². The lowest BCUT2D eigenvalue weighted by atomic mass is 10.0. The molecule has 1 aliphatic rings. The van der Waals surface area contributed by atoms with Crippen LogP contribution in [-0.2, 0) is 25.7 Å². The highest BCUT2D eigenvalue weighted by Crippen LogP contribution is 2.26. The fourth-order valence-electron chi connectivity index (χ4n) is 2.76. The van der Waals surface area contributed by atoms with Crippen LogP contribution in [0.25, 0.3) is 0 Å². The first-order valence-corrected chi connectivity index (χ1v) is 8.88. The second-order valence-corrected chi connectivity index (χ2v) is 6.89. The second-order valence-electron chi connectivity index (χ2n) is 5.72. The molecule has 0 spiro atoms. The van der Waals surface area contributed by atoms with Gasteiger partial charge in [-0.2, -0.15) is 5.10 Å². The molecule has 5 nitrogen and oxygen atoms in total. The van der Waals surface area contributed by atoms with E-state index in [1.54, 1.807) is 0 Å². The van der Waals surface area contributed by atoms with Crippen molar-refractivity contribution in [2.24, 2.45) is 0 Å². The fraction of sp³-hybridized carbons (Fsp3) is 0.562. The zero-order valence-corrected chi connectivity index (χ0v) is 13.8. The number of hydrogen-bond donors (Lipinski definition) is 2. The number of carbonyl (C=O) groups is 1. The number of H-pyrrole nitrogens is 1. The van der Waals surface area contributed by atoms with Crippen LogP contribution in [0.1, 0.15) is 57.9 Å². The van der Waals surface area contributed by atoms with Crippen LogP contribution in [0.3, 0.4) is 0 Å². The number of aryl methyl sites for hydroxylation is 3. The average Bonchev–Trinajstić information content (AvgIpc) is 3.13. The zero-order chi connectivity index (χ0) is 15.4. The Balaban J connectivity index is 1.49. The largest absolute Gasteiger partial charge is 0.350 e. The number of nitrogens with one attached hydrogen (secondary N) is 2. The van der Waals surface area contributed by atoms with Gasteiger partial charge < -0.3 is 5.32 Å². The van der Waals surface area contributed by atoms with Crippen LogP contribution in [0.2, 0.25) is 0 Å². The maximum atomic E-state index is 12.0. The molecule has 0 aliphatic heterocycles. The summed E-state index contributed by atoms with van der Waals surface area (Å²) in [5.74, 6) is -0.111. The SMILES string of the molecule is CCCc1cc(C(=O)NCCc2nc3c(s2)CCCC3)n[nH]1. The van der Waals surface area contributed by atoms with Crippen LogP contribution < -0.4 is 5.32 Å². The Morgan fingerprint density at radius 1 is 1.36 bits per heavy atom. The molecule has 0 unspecified atom stereocenters. The average molecular weight is 318 g/mol. The fourth-order valence-corrected chi connectivity index (χ4v) is 3.92. The van der Waals surface area contributed by atoms with Gasteiger partial charge in [0.2, 0.25) is 0 Å². The summed E-state index contributed by atoms with van der Waals surface area (Å²) in [6, 6.07) is 1.83. The number of hydrogen-bond acceptors (Lipinski definition) is 4. The van der Waals surface area contributed by atoms with E-state index in [9.17, 15) is 4.79 Å². The van der Waals surface area contributed by atoms with E-state index in [1.807, 2.05) is 17.4 Å². The first-order valence-electron chi connectivity index (χ1n) is 8.06. The molecular formula is C16H22N4OS. The van der Waals surface area contributed by atoms with Gasteiger partial charge in [0.1, 0.15) is 5.69 Å². The molecule has 118 valence electrons. The molecule has 0 aromatic carbocycles. The predicted octanol–water partition coefficient (Wildman–Crippen LogP) is 2.67. The van der Waals surface area contributed by atoms with Crippen molar-refractivity contribution in [3.8, 4) is 0 Å². The molecule has 22 heavy (non-hydrogen) atoms. The second kappa shape index (κ2) is 7.05. The molecule has 0 bridgehead atoms. The van der Waals surface area contributed by atoms with Crippen molar-refractivity contribution in [3.05, 3.63) is 33.0 Å². The summed E-state index contributed by atoms with van der Waals surface area (Å²) in [5.41, 5.74) is 2.77. The van der Waals surface area contributed by atoms with E-state index < -0.39 is 0 Å². The zero-order valence-electron chi connectivity index (χ0n) is 12.9. The van der Waals surface area contributed by atoms with Gasteiger partial charge in [0.05, 0.1) is 10.7 Å². The highest BCUT2D eigenvalue weighted by Gasteiger charge is 2.15. The van der Waals surface area contributed by atoms with E-state index in [1.165, 1.54) is 29.8 Å². The summed E-state index contributed by atoms with van der Waals surface area (Å²) < 4.78 is 0. The quantitative estimate of drug-likeness (QED) is 0.860. The molecule has 2 heterocycles. The third-order valence-corrected chi connectivity index (χ3v) is 5.11. The molecule has 0 radical (unpaired) electrons. The van der Waals surface area contributed by atoms with Crippen molar-refractivity contribution in [2.75, 3.05) is 6.54 Å². The van der Waals surface area contributed by atoms with E-state index >= 15 is 0 Å². The normalized spacial score (nSPS) is 13.9. The van der Waals surface area contributed by atoms with Crippen molar-refractivity contribution in [1.82, 2.24) is 20.5 Å². The minimum atomic E-state index is -0.111. The summed E-state index contributed by atoms with van der Waals surface area (Å²) in [7, 11) is 0. The lowest BCUT2D eigenvalue weighted by molar-refractivity contribution is 0.0949. The summed E-state index contributed by atoms with van der Waals surface area (Å²) in [4.78, 5) is 18.2. The number of thiazole rings is 1.